The first-order valence-corrected chi connectivity index (χ1v) is 11.4. The molecule has 11 heteroatoms. The van der Waals surface area contributed by atoms with Crippen LogP contribution in [0.2, 0.25) is 0 Å². The number of nitrogens with zero attached hydrogens (tertiary/aromatic N) is 4. The number of hydrogen-bond acceptors (Lipinski definition) is 10. The van der Waals surface area contributed by atoms with Crippen LogP contribution in [-0.2, 0) is 17.1 Å². The number of esters is 1. The monoisotopic (exact) mass is 488 g/mol. The van der Waals surface area contributed by atoms with E-state index in [4.69, 9.17) is 13.6 Å². The van der Waals surface area contributed by atoms with E-state index in [0.29, 0.717) is 27.7 Å². The van der Waals surface area contributed by atoms with Crippen molar-refractivity contribution in [3.05, 3.63) is 99.9 Å². The van der Waals surface area contributed by atoms with Crippen LogP contribution in [0.4, 0.5) is 5.69 Å². The molecule has 35 heavy (non-hydrogen) atoms. The Kier molecular flexibility index (Phi) is 6.22. The molecule has 0 radical (unpaired) electrons. The summed E-state index contributed by atoms with van der Waals surface area (Å²) in [6, 6.07) is 20.3. The molecule has 0 bridgehead atoms. The standard InChI is InChI=1S/C24H16N4O6S/c29-23(32-13-21-26-27-22(34-21)15-9-11-17(12-10-15)28(30)31)18-6-2-1-5-16(18)14-35-24-25-19-7-3-4-8-20(19)33-24/h1-12H,13-14H2. The van der Waals surface area contributed by atoms with Gasteiger partial charge in [-0.25, -0.2) is 9.78 Å². The maximum Gasteiger partial charge on any atom is 0.338 e. The quantitative estimate of drug-likeness (QED) is 0.120. The number of carbonyl (C=O) groups excluding carboxylic acids is 1. The number of para-hydroxylation sites is 2. The Morgan fingerprint density at radius 3 is 2.54 bits per heavy atom. The predicted molar refractivity (Wildman–Crippen MR) is 126 cm³/mol. The van der Waals surface area contributed by atoms with Crippen LogP contribution < -0.4 is 0 Å². The Bertz CT molecular complexity index is 1480. The summed E-state index contributed by atoms with van der Waals surface area (Å²) in [6.45, 7) is -0.217. The molecule has 0 fully saturated rings. The third kappa shape index (κ3) is 5.04. The van der Waals surface area contributed by atoms with E-state index in [1.807, 2.05) is 36.4 Å². The lowest BCUT2D eigenvalue weighted by Crippen LogP contribution is -2.08. The van der Waals surface area contributed by atoms with Crippen molar-refractivity contribution in [2.45, 2.75) is 17.6 Å². The lowest BCUT2D eigenvalue weighted by molar-refractivity contribution is -0.384. The van der Waals surface area contributed by atoms with Gasteiger partial charge in [-0.1, -0.05) is 42.1 Å². The highest BCUT2D eigenvalue weighted by molar-refractivity contribution is 7.98. The van der Waals surface area contributed by atoms with Gasteiger partial charge in [0.25, 0.3) is 16.8 Å². The Labute approximate surface area is 202 Å². The van der Waals surface area contributed by atoms with Crippen LogP contribution in [0.5, 0.6) is 0 Å². The summed E-state index contributed by atoms with van der Waals surface area (Å²) in [4.78, 5) is 27.5. The molecular formula is C24H16N4O6S. The number of aromatic nitrogens is 3. The molecule has 0 aliphatic heterocycles. The number of non-ortho nitro benzene ring substituents is 1. The first kappa shape index (κ1) is 22.3. The summed E-state index contributed by atoms with van der Waals surface area (Å²) in [6.07, 6.45) is 0. The highest BCUT2D eigenvalue weighted by Crippen LogP contribution is 2.28. The number of ether oxygens (including phenoxy) is 1. The largest absolute Gasteiger partial charge is 0.452 e. The van der Waals surface area contributed by atoms with Crippen LogP contribution in [0.3, 0.4) is 0 Å². The minimum absolute atomic E-state index is 0.0460. The summed E-state index contributed by atoms with van der Waals surface area (Å²) in [5, 5.41) is 19.1. The lowest BCUT2D eigenvalue weighted by Gasteiger charge is -2.07. The number of rotatable bonds is 8. The van der Waals surface area contributed by atoms with Gasteiger partial charge in [0.15, 0.2) is 12.2 Å². The van der Waals surface area contributed by atoms with E-state index in [9.17, 15) is 14.9 Å². The minimum Gasteiger partial charge on any atom is -0.452 e. The van der Waals surface area contributed by atoms with E-state index in [1.165, 1.54) is 36.0 Å². The maximum absolute atomic E-state index is 12.7. The van der Waals surface area contributed by atoms with Crippen LogP contribution in [0.15, 0.2) is 86.9 Å². The van der Waals surface area contributed by atoms with Crippen molar-refractivity contribution in [2.75, 3.05) is 0 Å². The average Bonchev–Trinajstić information content (AvgIpc) is 3.53. The second kappa shape index (κ2) is 9.77. The van der Waals surface area contributed by atoms with Crippen molar-refractivity contribution in [2.24, 2.45) is 0 Å². The number of nitro benzene ring substituents is 1. The zero-order valence-corrected chi connectivity index (χ0v) is 18.8. The maximum atomic E-state index is 12.7. The topological polar surface area (TPSA) is 134 Å². The molecular weight excluding hydrogens is 472 g/mol. The summed E-state index contributed by atoms with van der Waals surface area (Å²) >= 11 is 1.38. The Balaban J connectivity index is 1.22. The molecule has 0 N–H and O–H groups in total. The van der Waals surface area contributed by atoms with Gasteiger partial charge >= 0.3 is 5.97 Å². The third-order valence-corrected chi connectivity index (χ3v) is 5.86. The minimum atomic E-state index is -0.533. The number of oxazole rings is 1. The van der Waals surface area contributed by atoms with Crippen LogP contribution in [0, 0.1) is 10.1 Å². The smallest absolute Gasteiger partial charge is 0.338 e. The lowest BCUT2D eigenvalue weighted by atomic mass is 10.1. The van der Waals surface area contributed by atoms with Gasteiger partial charge in [-0.15, -0.1) is 10.2 Å². The van der Waals surface area contributed by atoms with Gasteiger partial charge in [-0.3, -0.25) is 10.1 Å². The molecule has 0 aliphatic carbocycles. The van der Waals surface area contributed by atoms with E-state index < -0.39 is 10.9 Å². The number of carbonyl (C=O) groups is 1. The average molecular weight is 488 g/mol. The zero-order chi connectivity index (χ0) is 24.2. The van der Waals surface area contributed by atoms with Gasteiger partial charge in [-0.2, -0.15) is 0 Å². The molecule has 174 valence electrons. The molecule has 5 aromatic rings. The normalized spacial score (nSPS) is 11.0. The Hall–Kier alpha value is -4.51. The SMILES string of the molecule is O=C(OCc1nnc(-c2ccc([N+](=O)[O-])cc2)o1)c1ccccc1CSc1nc2ccccc2o1. The van der Waals surface area contributed by atoms with Crippen molar-refractivity contribution in [3.63, 3.8) is 0 Å². The Morgan fingerprint density at radius 2 is 1.74 bits per heavy atom. The van der Waals surface area contributed by atoms with Gasteiger partial charge in [0.05, 0.1) is 10.5 Å². The van der Waals surface area contributed by atoms with Crippen LogP contribution >= 0.6 is 11.8 Å². The van der Waals surface area contributed by atoms with Crippen molar-refractivity contribution in [3.8, 4) is 11.5 Å². The van der Waals surface area contributed by atoms with Gasteiger partial charge < -0.3 is 13.6 Å². The molecule has 3 aromatic carbocycles. The van der Waals surface area contributed by atoms with Gasteiger partial charge in [-0.05, 0) is 35.9 Å². The third-order valence-electron chi connectivity index (χ3n) is 4.98. The zero-order valence-electron chi connectivity index (χ0n) is 18.0. The first-order chi connectivity index (χ1) is 17.1. The number of thioether (sulfide) groups is 1. The summed E-state index contributed by atoms with van der Waals surface area (Å²) in [5.74, 6) is 0.197. The molecule has 2 aromatic heterocycles. The van der Waals surface area contributed by atoms with Crippen molar-refractivity contribution in [1.29, 1.82) is 0 Å². The fourth-order valence-electron chi connectivity index (χ4n) is 3.26. The summed E-state index contributed by atoms with van der Waals surface area (Å²) in [5.41, 5.74) is 3.12. The summed E-state index contributed by atoms with van der Waals surface area (Å²) in [7, 11) is 0. The predicted octanol–water partition coefficient (Wildman–Crippen LogP) is 5.44. The van der Waals surface area contributed by atoms with Crippen LogP contribution in [0.1, 0.15) is 21.8 Å². The number of benzene rings is 3. The molecule has 0 atom stereocenters. The van der Waals surface area contributed by atoms with Gasteiger partial charge in [0.2, 0.25) is 5.89 Å². The van der Waals surface area contributed by atoms with Crippen LogP contribution in [0.25, 0.3) is 22.6 Å². The highest BCUT2D eigenvalue weighted by atomic mass is 32.2. The molecule has 0 spiro atoms. The van der Waals surface area contributed by atoms with Crippen LogP contribution in [-0.4, -0.2) is 26.1 Å². The first-order valence-electron chi connectivity index (χ1n) is 10.4. The number of fused-ring (bicyclic) bond motifs is 1. The van der Waals surface area contributed by atoms with Crippen molar-refractivity contribution >= 4 is 34.5 Å². The Morgan fingerprint density at radius 1 is 0.971 bits per heavy atom. The van der Waals surface area contributed by atoms with Crippen molar-refractivity contribution in [1.82, 2.24) is 15.2 Å². The van der Waals surface area contributed by atoms with E-state index in [-0.39, 0.29) is 24.1 Å². The molecule has 0 amide bonds. The molecule has 10 nitrogen and oxygen atoms in total. The van der Waals surface area contributed by atoms with E-state index in [2.05, 4.69) is 15.2 Å². The second-order valence-corrected chi connectivity index (χ2v) is 8.20. The van der Waals surface area contributed by atoms with Crippen molar-refractivity contribution < 1.29 is 23.3 Å². The van der Waals surface area contributed by atoms with E-state index in [0.717, 1.165) is 11.1 Å². The molecule has 2 heterocycles. The highest BCUT2D eigenvalue weighted by Gasteiger charge is 2.17. The molecule has 0 saturated heterocycles. The molecule has 0 saturated carbocycles. The molecule has 0 unspecified atom stereocenters. The molecule has 0 aliphatic rings. The molecule has 5 rings (SSSR count). The van der Waals surface area contributed by atoms with E-state index >= 15 is 0 Å². The number of hydrogen-bond donors (Lipinski definition) is 0. The van der Waals surface area contributed by atoms with Gasteiger partial charge in [0, 0.05) is 23.4 Å². The fourth-order valence-corrected chi connectivity index (χ4v) is 4.10. The van der Waals surface area contributed by atoms with Gasteiger partial charge in [0.1, 0.15) is 5.52 Å². The van der Waals surface area contributed by atoms with E-state index in [1.54, 1.807) is 12.1 Å². The fraction of sp³-hybridized carbons (Fsp3) is 0.0833. The summed E-state index contributed by atoms with van der Waals surface area (Å²) < 4.78 is 16.6. The number of nitro groups is 1. The second-order valence-electron chi connectivity index (χ2n) is 7.27.